The first kappa shape index (κ1) is 16.7. The molecule has 0 bridgehead atoms. The van der Waals surface area contributed by atoms with Crippen LogP contribution in [0.1, 0.15) is 48.2 Å². The molecule has 0 fully saturated rings. The monoisotopic (exact) mass is 298 g/mol. The lowest BCUT2D eigenvalue weighted by Gasteiger charge is -2.14. The molecule has 1 aromatic rings. The van der Waals surface area contributed by atoms with Gasteiger partial charge in [0.1, 0.15) is 0 Å². The molecule has 0 aliphatic carbocycles. The van der Waals surface area contributed by atoms with Crippen LogP contribution in [0, 0.1) is 19.8 Å². The average molecular weight is 298 g/mol. The van der Waals surface area contributed by atoms with Crippen molar-refractivity contribution in [1.82, 2.24) is 0 Å². The lowest BCUT2D eigenvalue weighted by molar-refractivity contribution is 0.0696. The van der Waals surface area contributed by atoms with E-state index in [4.69, 9.17) is 5.11 Å². The number of carboxylic acids is 1. The summed E-state index contributed by atoms with van der Waals surface area (Å²) in [6.07, 6.45) is 1.78. The van der Waals surface area contributed by atoms with Gasteiger partial charge in [-0.25, -0.2) is 13.2 Å². The zero-order chi connectivity index (χ0) is 15.5. The van der Waals surface area contributed by atoms with Crippen LogP contribution < -0.4 is 0 Å². The van der Waals surface area contributed by atoms with Crippen molar-refractivity contribution in [3.05, 3.63) is 28.8 Å². The predicted molar refractivity (Wildman–Crippen MR) is 79.0 cm³/mol. The van der Waals surface area contributed by atoms with Crippen LogP contribution in [0.15, 0.2) is 17.0 Å². The molecule has 0 amide bonds. The summed E-state index contributed by atoms with van der Waals surface area (Å²) >= 11 is 0. The minimum atomic E-state index is -3.45. The third-order valence-electron chi connectivity index (χ3n) is 3.49. The fourth-order valence-electron chi connectivity index (χ4n) is 2.31. The molecule has 1 rings (SSSR count). The lowest BCUT2D eigenvalue weighted by Crippen LogP contribution is -2.16. The van der Waals surface area contributed by atoms with Gasteiger partial charge in [-0.05, 0) is 49.4 Å². The maximum atomic E-state index is 12.5. The molecule has 0 saturated heterocycles. The molecule has 112 valence electrons. The van der Waals surface area contributed by atoms with E-state index in [-0.39, 0.29) is 22.1 Å². The largest absolute Gasteiger partial charge is 0.478 e. The third kappa shape index (κ3) is 3.82. The molecule has 5 heteroatoms. The first-order chi connectivity index (χ1) is 9.19. The fourth-order valence-corrected chi connectivity index (χ4v) is 4.34. The zero-order valence-corrected chi connectivity index (χ0v) is 13.3. The van der Waals surface area contributed by atoms with Crippen LogP contribution in [-0.2, 0) is 9.84 Å². The van der Waals surface area contributed by atoms with Crippen LogP contribution in [0.3, 0.4) is 0 Å². The highest BCUT2D eigenvalue weighted by atomic mass is 32.2. The Labute approximate surface area is 120 Å². The van der Waals surface area contributed by atoms with Gasteiger partial charge in [0.05, 0.1) is 16.2 Å². The van der Waals surface area contributed by atoms with Crippen molar-refractivity contribution in [2.75, 3.05) is 5.75 Å². The molecule has 0 aliphatic rings. The van der Waals surface area contributed by atoms with E-state index in [2.05, 4.69) is 0 Å². The predicted octanol–water partition coefficient (Wildman–Crippen LogP) is 3.21. The summed E-state index contributed by atoms with van der Waals surface area (Å²) in [4.78, 5) is 11.2. The first-order valence-corrected chi connectivity index (χ1v) is 8.41. The van der Waals surface area contributed by atoms with Gasteiger partial charge < -0.3 is 5.11 Å². The topological polar surface area (TPSA) is 71.4 Å². The minimum absolute atomic E-state index is 0.0230. The number of aryl methyl sites for hydroxylation is 1. The number of rotatable bonds is 6. The highest BCUT2D eigenvalue weighted by Crippen LogP contribution is 2.24. The summed E-state index contributed by atoms with van der Waals surface area (Å²) in [5, 5.41) is 9.06. The van der Waals surface area contributed by atoms with E-state index in [0.717, 1.165) is 12.8 Å². The molecule has 1 unspecified atom stereocenters. The second-order valence-electron chi connectivity index (χ2n) is 5.40. The summed E-state index contributed by atoms with van der Waals surface area (Å²) in [5.74, 6) is -0.978. The van der Waals surface area contributed by atoms with Crippen molar-refractivity contribution in [2.24, 2.45) is 5.92 Å². The van der Waals surface area contributed by atoms with Gasteiger partial charge in [0.15, 0.2) is 9.84 Å². The van der Waals surface area contributed by atoms with E-state index in [0.29, 0.717) is 11.1 Å². The number of hydrogen-bond donors (Lipinski definition) is 1. The molecule has 0 heterocycles. The molecule has 0 aromatic heterocycles. The van der Waals surface area contributed by atoms with Crippen LogP contribution in [0.25, 0.3) is 0 Å². The molecule has 1 N–H and O–H groups in total. The van der Waals surface area contributed by atoms with E-state index in [1.165, 1.54) is 12.1 Å². The summed E-state index contributed by atoms with van der Waals surface area (Å²) in [6, 6.07) is 2.78. The molecular formula is C15H22O4S. The smallest absolute Gasteiger partial charge is 0.335 e. The summed E-state index contributed by atoms with van der Waals surface area (Å²) in [7, 11) is -3.45. The second kappa shape index (κ2) is 6.39. The normalized spacial score (nSPS) is 13.2. The van der Waals surface area contributed by atoms with Gasteiger partial charge in [-0.3, -0.25) is 0 Å². The van der Waals surface area contributed by atoms with Crippen molar-refractivity contribution >= 4 is 15.8 Å². The van der Waals surface area contributed by atoms with Gasteiger partial charge in [-0.2, -0.15) is 0 Å². The minimum Gasteiger partial charge on any atom is -0.478 e. The van der Waals surface area contributed by atoms with Gasteiger partial charge >= 0.3 is 5.97 Å². The van der Waals surface area contributed by atoms with Gasteiger partial charge in [-0.1, -0.05) is 20.3 Å². The van der Waals surface area contributed by atoms with Gasteiger partial charge in [0, 0.05) is 0 Å². The molecule has 0 saturated carbocycles. The second-order valence-corrected chi connectivity index (χ2v) is 7.40. The highest BCUT2D eigenvalue weighted by molar-refractivity contribution is 7.91. The SMILES string of the molecule is CCCC(C)CS(=O)(=O)c1cc(C(=O)O)cc(C)c1C. The average Bonchev–Trinajstić information content (AvgIpc) is 2.31. The molecule has 20 heavy (non-hydrogen) atoms. The highest BCUT2D eigenvalue weighted by Gasteiger charge is 2.22. The maximum Gasteiger partial charge on any atom is 0.335 e. The van der Waals surface area contributed by atoms with Crippen LogP contribution >= 0.6 is 0 Å². The third-order valence-corrected chi connectivity index (χ3v) is 5.59. The van der Waals surface area contributed by atoms with Crippen molar-refractivity contribution in [2.45, 2.75) is 45.4 Å². The van der Waals surface area contributed by atoms with Crippen molar-refractivity contribution < 1.29 is 18.3 Å². The number of benzene rings is 1. The van der Waals surface area contributed by atoms with Crippen LogP contribution in [-0.4, -0.2) is 25.2 Å². The van der Waals surface area contributed by atoms with Gasteiger partial charge in [0.2, 0.25) is 0 Å². The van der Waals surface area contributed by atoms with Crippen LogP contribution in [0.5, 0.6) is 0 Å². The molecule has 1 atom stereocenters. The maximum absolute atomic E-state index is 12.5. The molecule has 0 radical (unpaired) electrons. The Bertz CT molecular complexity index is 603. The van der Waals surface area contributed by atoms with Crippen LogP contribution in [0.2, 0.25) is 0 Å². The van der Waals surface area contributed by atoms with E-state index in [1.807, 2.05) is 13.8 Å². The molecular weight excluding hydrogens is 276 g/mol. The van der Waals surface area contributed by atoms with Gasteiger partial charge in [0.25, 0.3) is 0 Å². The molecule has 1 aromatic carbocycles. The van der Waals surface area contributed by atoms with Crippen LogP contribution in [0.4, 0.5) is 0 Å². The number of carbonyl (C=O) groups is 1. The summed E-state index contributed by atoms with van der Waals surface area (Å²) < 4.78 is 24.9. The summed E-state index contributed by atoms with van der Waals surface area (Å²) in [5.41, 5.74) is 1.35. The zero-order valence-electron chi connectivity index (χ0n) is 12.4. The van der Waals surface area contributed by atoms with E-state index >= 15 is 0 Å². The molecule has 0 aliphatic heterocycles. The number of aromatic carboxylic acids is 1. The number of sulfone groups is 1. The fraction of sp³-hybridized carbons (Fsp3) is 0.533. The van der Waals surface area contributed by atoms with E-state index < -0.39 is 15.8 Å². The van der Waals surface area contributed by atoms with E-state index in [9.17, 15) is 13.2 Å². The summed E-state index contributed by atoms with van der Waals surface area (Å²) in [6.45, 7) is 7.38. The van der Waals surface area contributed by atoms with Crippen molar-refractivity contribution in [3.63, 3.8) is 0 Å². The molecule has 0 spiro atoms. The standard InChI is InChI=1S/C15H22O4S/c1-5-6-10(2)9-20(18,19)14-8-13(15(16)17)7-11(3)12(14)4/h7-8,10H,5-6,9H2,1-4H3,(H,16,17). The Kier molecular flexibility index (Phi) is 5.34. The Balaban J connectivity index is 3.27. The lowest BCUT2D eigenvalue weighted by atomic mass is 10.1. The quantitative estimate of drug-likeness (QED) is 0.875. The van der Waals surface area contributed by atoms with Crippen molar-refractivity contribution in [3.8, 4) is 0 Å². The first-order valence-electron chi connectivity index (χ1n) is 6.76. The number of hydrogen-bond acceptors (Lipinski definition) is 3. The Morgan fingerprint density at radius 1 is 1.30 bits per heavy atom. The van der Waals surface area contributed by atoms with Gasteiger partial charge in [-0.15, -0.1) is 0 Å². The molecule has 4 nitrogen and oxygen atoms in total. The Hall–Kier alpha value is -1.36. The van der Waals surface area contributed by atoms with E-state index in [1.54, 1.807) is 13.8 Å². The number of carboxylic acid groups (broad SMARTS) is 1. The van der Waals surface area contributed by atoms with Crippen molar-refractivity contribution in [1.29, 1.82) is 0 Å². The Morgan fingerprint density at radius 3 is 2.40 bits per heavy atom. The Morgan fingerprint density at radius 2 is 1.90 bits per heavy atom.